The van der Waals surface area contributed by atoms with Crippen molar-refractivity contribution in [3.63, 3.8) is 0 Å². The van der Waals surface area contributed by atoms with Crippen LogP contribution in [0.1, 0.15) is 40.7 Å². The van der Waals surface area contributed by atoms with E-state index < -0.39 is 0 Å². The average Bonchev–Trinajstić information content (AvgIpc) is 2.94. The van der Waals surface area contributed by atoms with Crippen molar-refractivity contribution in [2.45, 2.75) is 42.0 Å². The summed E-state index contributed by atoms with van der Waals surface area (Å²) in [5.74, 6) is 0.221. The Hall–Kier alpha value is -2.11. The Kier molecular flexibility index (Phi) is 8.40. The molecule has 196 valence electrons. The molecule has 2 aromatic rings. The molecule has 1 spiro atoms. The summed E-state index contributed by atoms with van der Waals surface area (Å²) in [6.45, 7) is 4.43. The first kappa shape index (κ1) is 26.5. The van der Waals surface area contributed by atoms with Crippen molar-refractivity contribution >= 4 is 29.1 Å². The number of alkyl halides is 2. The van der Waals surface area contributed by atoms with Gasteiger partial charge in [0.15, 0.2) is 0 Å². The lowest BCUT2D eigenvalue weighted by Gasteiger charge is -2.45. The summed E-state index contributed by atoms with van der Waals surface area (Å²) in [6, 6.07) is 18.3. The topological polar surface area (TPSA) is 32.8 Å². The zero-order chi connectivity index (χ0) is 25.8. The summed E-state index contributed by atoms with van der Waals surface area (Å²) in [5, 5.41) is -0.441. The zero-order valence-electron chi connectivity index (χ0n) is 21.5. The maximum Gasteiger partial charge on any atom is 0.253 e. The molecule has 0 saturated carbocycles. The quantitative estimate of drug-likeness (QED) is 0.403. The number of rotatable bonds is 7. The number of allylic oxidation sites excluding steroid dienone is 3. The fourth-order valence-electron chi connectivity index (χ4n) is 6.00. The van der Waals surface area contributed by atoms with Crippen LogP contribution in [0.2, 0.25) is 0 Å². The van der Waals surface area contributed by atoms with Crippen LogP contribution in [0.5, 0.6) is 0 Å². The van der Waals surface area contributed by atoms with Crippen molar-refractivity contribution in [2.75, 3.05) is 39.8 Å². The highest BCUT2D eigenvalue weighted by Crippen LogP contribution is 2.41. The molecule has 1 amide bonds. The first-order chi connectivity index (χ1) is 17.9. The monoisotopic (exact) mass is 538 g/mol. The van der Waals surface area contributed by atoms with Gasteiger partial charge in [0.25, 0.3) is 5.91 Å². The number of carbonyl (C=O) groups is 1. The highest BCUT2D eigenvalue weighted by atomic mass is 35.5. The number of amides is 1. The van der Waals surface area contributed by atoms with E-state index in [2.05, 4.69) is 41.3 Å². The Morgan fingerprint density at radius 1 is 1.08 bits per heavy atom. The van der Waals surface area contributed by atoms with Crippen LogP contribution >= 0.6 is 23.2 Å². The molecule has 2 heterocycles. The Balaban J connectivity index is 1.24. The Bertz CT molecular complexity index is 1140. The van der Waals surface area contributed by atoms with Gasteiger partial charge in [-0.3, -0.25) is 4.79 Å². The second-order valence-electron chi connectivity index (χ2n) is 10.5. The lowest BCUT2D eigenvalue weighted by atomic mass is 9.79. The summed E-state index contributed by atoms with van der Waals surface area (Å²) in [5.41, 5.74) is 4.58. The van der Waals surface area contributed by atoms with E-state index >= 15 is 0 Å². The molecule has 6 heteroatoms. The minimum Gasteiger partial charge on any atom is -0.370 e. The molecule has 3 unspecified atom stereocenters. The van der Waals surface area contributed by atoms with Crippen LogP contribution in [0.15, 0.2) is 78.4 Å². The molecule has 1 aliphatic carbocycles. The molecule has 4 nitrogen and oxygen atoms in total. The number of fused-ring (bicyclic) bond motifs is 2. The number of hydrogen-bond donors (Lipinski definition) is 0. The van der Waals surface area contributed by atoms with E-state index in [0.29, 0.717) is 12.1 Å². The number of benzene rings is 2. The van der Waals surface area contributed by atoms with Gasteiger partial charge in [-0.15, -0.1) is 23.2 Å². The molecular weight excluding hydrogens is 503 g/mol. The van der Waals surface area contributed by atoms with E-state index in [1.165, 1.54) is 16.7 Å². The summed E-state index contributed by atoms with van der Waals surface area (Å²) in [7, 11) is 1.89. The van der Waals surface area contributed by atoms with Crippen LogP contribution in [-0.2, 0) is 16.8 Å². The van der Waals surface area contributed by atoms with Gasteiger partial charge in [0.2, 0.25) is 0 Å². The van der Waals surface area contributed by atoms with Gasteiger partial charge in [-0.1, -0.05) is 60.7 Å². The van der Waals surface area contributed by atoms with Crippen LogP contribution < -0.4 is 0 Å². The van der Waals surface area contributed by atoms with Gasteiger partial charge in [0, 0.05) is 38.2 Å². The minimum absolute atomic E-state index is 0.0386. The number of halogens is 2. The van der Waals surface area contributed by atoms with Crippen molar-refractivity contribution < 1.29 is 9.53 Å². The van der Waals surface area contributed by atoms with Crippen LogP contribution in [0.4, 0.5) is 0 Å². The van der Waals surface area contributed by atoms with E-state index in [1.807, 2.05) is 48.4 Å². The summed E-state index contributed by atoms with van der Waals surface area (Å²) < 4.78 is 6.43. The molecule has 2 aliphatic heterocycles. The third-order valence-electron chi connectivity index (χ3n) is 8.18. The number of hydrogen-bond acceptors (Lipinski definition) is 3. The highest BCUT2D eigenvalue weighted by Gasteiger charge is 2.40. The molecule has 2 aromatic carbocycles. The van der Waals surface area contributed by atoms with Crippen LogP contribution in [0.25, 0.3) is 0 Å². The molecule has 37 heavy (non-hydrogen) atoms. The van der Waals surface area contributed by atoms with E-state index in [4.69, 9.17) is 27.9 Å². The fraction of sp³-hybridized carbons (Fsp3) is 0.452. The second kappa shape index (κ2) is 11.7. The number of ether oxygens (including phenoxy) is 1. The van der Waals surface area contributed by atoms with Crippen LogP contribution in [-0.4, -0.2) is 66.3 Å². The lowest BCUT2D eigenvalue weighted by molar-refractivity contribution is -0.0981. The smallest absolute Gasteiger partial charge is 0.253 e. The molecule has 0 radical (unpaired) electrons. The van der Waals surface area contributed by atoms with Gasteiger partial charge in [0.05, 0.1) is 23.0 Å². The summed E-state index contributed by atoms with van der Waals surface area (Å²) in [6.07, 6.45) is 10.1. The third kappa shape index (κ3) is 5.98. The van der Waals surface area contributed by atoms with Crippen molar-refractivity contribution in [1.29, 1.82) is 0 Å². The van der Waals surface area contributed by atoms with E-state index in [0.717, 1.165) is 51.9 Å². The van der Waals surface area contributed by atoms with Crippen molar-refractivity contribution in [3.8, 4) is 0 Å². The molecule has 3 atom stereocenters. The Morgan fingerprint density at radius 2 is 1.81 bits per heavy atom. The first-order valence-electron chi connectivity index (χ1n) is 13.4. The maximum atomic E-state index is 13.1. The minimum atomic E-state index is -0.238. The standard InChI is InChI=1S/C31H36Cl2N2O2/c1-34(30(36)24-8-3-2-4-9-24)22-26(25-11-12-28(32)29(33)21-25)13-17-35-18-15-31(16-19-35)27-10-6-5-7-23(27)14-20-37-31/h2-12,21,26,28-29H,13-20,22H2,1H3. The SMILES string of the molecule is CN(CC(CCN1CCC2(CC1)OCCc1ccccc12)C1=CC(Cl)C(Cl)C=C1)C(=O)c1ccccc1. The van der Waals surface area contributed by atoms with E-state index in [-0.39, 0.29) is 28.2 Å². The first-order valence-corrected chi connectivity index (χ1v) is 14.3. The molecule has 3 aliphatic rings. The van der Waals surface area contributed by atoms with Crippen LogP contribution in [0, 0.1) is 5.92 Å². The number of piperidine rings is 1. The van der Waals surface area contributed by atoms with Gasteiger partial charge in [-0.2, -0.15) is 0 Å². The van der Waals surface area contributed by atoms with Crippen LogP contribution in [0.3, 0.4) is 0 Å². The van der Waals surface area contributed by atoms with E-state index in [9.17, 15) is 4.79 Å². The summed E-state index contributed by atoms with van der Waals surface area (Å²) in [4.78, 5) is 17.5. The Morgan fingerprint density at radius 3 is 2.57 bits per heavy atom. The number of likely N-dealkylation sites (tertiary alicyclic amines) is 1. The number of carbonyl (C=O) groups excluding carboxylic acids is 1. The van der Waals surface area contributed by atoms with Gasteiger partial charge >= 0.3 is 0 Å². The third-order valence-corrected chi connectivity index (χ3v) is 9.12. The zero-order valence-corrected chi connectivity index (χ0v) is 23.0. The highest BCUT2D eigenvalue weighted by molar-refractivity contribution is 6.31. The predicted molar refractivity (Wildman–Crippen MR) is 151 cm³/mol. The molecular formula is C31H36Cl2N2O2. The molecule has 0 aromatic heterocycles. The van der Waals surface area contributed by atoms with Gasteiger partial charge in [-0.05, 0) is 61.1 Å². The molecule has 0 bridgehead atoms. The normalized spacial score (nSPS) is 23.8. The van der Waals surface area contributed by atoms with Crippen molar-refractivity contribution in [3.05, 3.63) is 95.1 Å². The molecule has 5 rings (SSSR count). The molecule has 0 N–H and O–H groups in total. The average molecular weight is 540 g/mol. The van der Waals surface area contributed by atoms with Gasteiger partial charge in [0.1, 0.15) is 0 Å². The number of nitrogens with zero attached hydrogens (tertiary/aromatic N) is 2. The molecule has 1 saturated heterocycles. The largest absolute Gasteiger partial charge is 0.370 e. The van der Waals surface area contributed by atoms with Gasteiger partial charge in [-0.25, -0.2) is 0 Å². The van der Waals surface area contributed by atoms with E-state index in [1.54, 1.807) is 0 Å². The van der Waals surface area contributed by atoms with Gasteiger partial charge < -0.3 is 14.5 Å². The Labute approximate surface area is 230 Å². The lowest BCUT2D eigenvalue weighted by Crippen LogP contribution is -2.47. The second-order valence-corrected chi connectivity index (χ2v) is 11.6. The molecule has 1 fully saturated rings. The fourth-order valence-corrected chi connectivity index (χ4v) is 6.37. The van der Waals surface area contributed by atoms with Crippen molar-refractivity contribution in [2.24, 2.45) is 5.92 Å². The maximum absolute atomic E-state index is 13.1. The van der Waals surface area contributed by atoms with Crippen molar-refractivity contribution in [1.82, 2.24) is 9.80 Å². The summed E-state index contributed by atoms with van der Waals surface area (Å²) >= 11 is 12.8. The predicted octanol–water partition coefficient (Wildman–Crippen LogP) is 6.04.